The number of fused-ring (bicyclic) bond motifs is 1. The Hall–Kier alpha value is -1.10. The van der Waals surface area contributed by atoms with Gasteiger partial charge in [0.05, 0.1) is 18.5 Å². The molecule has 0 radical (unpaired) electrons. The van der Waals surface area contributed by atoms with Crippen LogP contribution in [-0.2, 0) is 15.3 Å². The van der Waals surface area contributed by atoms with Gasteiger partial charge < -0.3 is 35.0 Å². The van der Waals surface area contributed by atoms with E-state index >= 15 is 0 Å². The molecule has 0 bridgehead atoms. The first-order valence-corrected chi connectivity index (χ1v) is 7.29. The van der Waals surface area contributed by atoms with Crippen LogP contribution in [0.4, 0.5) is 5.69 Å². The Morgan fingerprint density at radius 3 is 2.65 bits per heavy atom. The van der Waals surface area contributed by atoms with Gasteiger partial charge in [0.25, 0.3) is 0 Å². The standard InChI is InChI=1S/C14H16ClNO7/c15-6-1-2-7-8(3-6)16-5-14(7,21)23-13-12(20)11(19)10(18)9(4-17)22-13/h1-3,5,9-13,17-21H,4H2/t9-,10+,11+,12-,13+,14?/m1/s1. The molecular formula is C14H16ClNO7. The van der Waals surface area contributed by atoms with Gasteiger partial charge in [0.1, 0.15) is 24.4 Å². The van der Waals surface area contributed by atoms with E-state index < -0.39 is 43.1 Å². The van der Waals surface area contributed by atoms with Gasteiger partial charge in [0.2, 0.25) is 5.79 Å². The summed E-state index contributed by atoms with van der Waals surface area (Å²) in [5.74, 6) is -1.99. The summed E-state index contributed by atoms with van der Waals surface area (Å²) in [5.41, 5.74) is 0.684. The summed E-state index contributed by atoms with van der Waals surface area (Å²) in [4.78, 5) is 3.99. The van der Waals surface area contributed by atoms with Crippen LogP contribution in [0.5, 0.6) is 0 Å². The third-order valence-electron chi connectivity index (χ3n) is 3.87. The lowest BCUT2D eigenvalue weighted by Gasteiger charge is -2.41. The second-order valence-electron chi connectivity index (χ2n) is 5.43. The first-order valence-electron chi connectivity index (χ1n) is 6.91. The summed E-state index contributed by atoms with van der Waals surface area (Å²) in [5, 5.41) is 49.7. The normalized spacial score (nSPS) is 39.5. The third kappa shape index (κ3) is 2.88. The van der Waals surface area contributed by atoms with E-state index in [1.54, 1.807) is 0 Å². The maximum absolute atomic E-state index is 10.6. The van der Waals surface area contributed by atoms with Crippen molar-refractivity contribution in [3.05, 3.63) is 28.8 Å². The number of ether oxygens (including phenoxy) is 2. The second-order valence-corrected chi connectivity index (χ2v) is 5.87. The highest BCUT2D eigenvalue weighted by Gasteiger charge is 2.48. The molecule has 1 aromatic rings. The first kappa shape index (κ1) is 16.7. The molecule has 1 unspecified atom stereocenters. The highest BCUT2D eigenvalue weighted by Crippen LogP contribution is 2.39. The van der Waals surface area contributed by atoms with E-state index in [2.05, 4.69) is 4.99 Å². The van der Waals surface area contributed by atoms with Crippen LogP contribution in [0, 0.1) is 0 Å². The van der Waals surface area contributed by atoms with Crippen molar-refractivity contribution < 1.29 is 35.0 Å². The van der Waals surface area contributed by atoms with Crippen LogP contribution in [0.15, 0.2) is 23.2 Å². The molecular weight excluding hydrogens is 330 g/mol. The molecule has 1 saturated heterocycles. The van der Waals surface area contributed by atoms with Gasteiger partial charge in [-0.05, 0) is 18.2 Å². The predicted octanol–water partition coefficient (Wildman–Crippen LogP) is -0.983. The van der Waals surface area contributed by atoms with Crippen molar-refractivity contribution in [3.63, 3.8) is 0 Å². The number of aliphatic imine (C=N–C) groups is 1. The monoisotopic (exact) mass is 345 g/mol. The van der Waals surface area contributed by atoms with Crippen LogP contribution in [0.3, 0.4) is 0 Å². The van der Waals surface area contributed by atoms with Crippen molar-refractivity contribution in [2.75, 3.05) is 6.61 Å². The van der Waals surface area contributed by atoms with Crippen LogP contribution in [0.25, 0.3) is 0 Å². The molecule has 2 aliphatic rings. The first-order chi connectivity index (χ1) is 10.9. The minimum Gasteiger partial charge on any atom is -0.394 e. The number of aliphatic hydroxyl groups is 5. The van der Waals surface area contributed by atoms with E-state index in [1.165, 1.54) is 18.2 Å². The summed E-state index contributed by atoms with van der Waals surface area (Å²) < 4.78 is 10.6. The number of halogens is 1. The van der Waals surface area contributed by atoms with Crippen LogP contribution in [-0.4, -0.2) is 69.1 Å². The molecule has 0 saturated carbocycles. The lowest BCUT2D eigenvalue weighted by atomic mass is 9.99. The molecule has 1 aromatic carbocycles. The largest absolute Gasteiger partial charge is 0.394 e. The predicted molar refractivity (Wildman–Crippen MR) is 78.4 cm³/mol. The molecule has 1 fully saturated rings. The SMILES string of the molecule is OC[C@H]1O[C@@H](OC2(O)C=Nc3cc(Cl)ccc32)[C@H](O)[C@@H](O)[C@H]1O. The average molecular weight is 346 g/mol. The van der Waals surface area contributed by atoms with Crippen LogP contribution < -0.4 is 0 Å². The molecule has 0 aromatic heterocycles. The van der Waals surface area contributed by atoms with Gasteiger partial charge in [-0.25, -0.2) is 0 Å². The zero-order valence-electron chi connectivity index (χ0n) is 11.8. The molecule has 5 N–H and O–H groups in total. The van der Waals surface area contributed by atoms with E-state index in [1.807, 2.05) is 0 Å². The van der Waals surface area contributed by atoms with Crippen molar-refractivity contribution in [2.24, 2.45) is 4.99 Å². The lowest BCUT2D eigenvalue weighted by Crippen LogP contribution is -2.60. The van der Waals surface area contributed by atoms with Gasteiger partial charge in [-0.1, -0.05) is 11.6 Å². The van der Waals surface area contributed by atoms with Gasteiger partial charge in [-0.2, -0.15) is 0 Å². The fourth-order valence-electron chi connectivity index (χ4n) is 2.58. The third-order valence-corrected chi connectivity index (χ3v) is 4.10. The molecule has 2 aliphatic heterocycles. The van der Waals surface area contributed by atoms with Crippen LogP contribution in [0.1, 0.15) is 5.56 Å². The van der Waals surface area contributed by atoms with Gasteiger partial charge in [0, 0.05) is 10.6 Å². The molecule has 3 rings (SSSR count). The average Bonchev–Trinajstić information content (AvgIpc) is 2.84. The minimum absolute atomic E-state index is 0.291. The number of aliphatic hydroxyl groups excluding tert-OH is 4. The molecule has 9 heteroatoms. The molecule has 0 aliphatic carbocycles. The van der Waals surface area contributed by atoms with Crippen molar-refractivity contribution in [1.29, 1.82) is 0 Å². The number of hydrogen-bond acceptors (Lipinski definition) is 8. The van der Waals surface area contributed by atoms with Crippen molar-refractivity contribution in [3.8, 4) is 0 Å². The van der Waals surface area contributed by atoms with E-state index in [-0.39, 0.29) is 0 Å². The molecule has 23 heavy (non-hydrogen) atoms. The maximum atomic E-state index is 10.6. The van der Waals surface area contributed by atoms with Crippen LogP contribution >= 0.6 is 11.6 Å². The maximum Gasteiger partial charge on any atom is 0.234 e. The van der Waals surface area contributed by atoms with Crippen LogP contribution in [0.2, 0.25) is 5.02 Å². The Kier molecular flexibility index (Phi) is 4.43. The summed E-state index contributed by atoms with van der Waals surface area (Å²) in [6.45, 7) is -0.594. The Bertz CT molecular complexity index is 625. The number of nitrogens with zero attached hydrogens (tertiary/aromatic N) is 1. The quantitative estimate of drug-likeness (QED) is 0.445. The van der Waals surface area contributed by atoms with Crippen molar-refractivity contribution >= 4 is 23.5 Å². The van der Waals surface area contributed by atoms with E-state index in [0.717, 1.165) is 6.21 Å². The van der Waals surface area contributed by atoms with Crippen molar-refractivity contribution in [1.82, 2.24) is 0 Å². The second kappa shape index (κ2) is 6.08. The van der Waals surface area contributed by atoms with Gasteiger partial charge in [-0.3, -0.25) is 4.99 Å². The Morgan fingerprint density at radius 1 is 1.22 bits per heavy atom. The molecule has 8 nitrogen and oxygen atoms in total. The summed E-state index contributed by atoms with van der Waals surface area (Å²) in [6, 6.07) is 4.58. The minimum atomic E-state index is -1.99. The number of rotatable bonds is 3. The lowest BCUT2D eigenvalue weighted by molar-refractivity contribution is -0.347. The smallest absolute Gasteiger partial charge is 0.234 e. The Labute approximate surface area is 136 Å². The van der Waals surface area contributed by atoms with E-state index in [4.69, 9.17) is 26.2 Å². The molecule has 0 spiro atoms. The molecule has 2 heterocycles. The van der Waals surface area contributed by atoms with Gasteiger partial charge >= 0.3 is 0 Å². The van der Waals surface area contributed by atoms with Gasteiger partial charge in [-0.15, -0.1) is 0 Å². The van der Waals surface area contributed by atoms with E-state index in [9.17, 15) is 20.4 Å². The highest BCUT2D eigenvalue weighted by atomic mass is 35.5. The Balaban J connectivity index is 1.83. The fraction of sp³-hybridized carbons (Fsp3) is 0.500. The zero-order chi connectivity index (χ0) is 16.8. The topological polar surface area (TPSA) is 132 Å². The number of benzene rings is 1. The fourth-order valence-corrected chi connectivity index (χ4v) is 2.74. The highest BCUT2D eigenvalue weighted by molar-refractivity contribution is 6.30. The van der Waals surface area contributed by atoms with Gasteiger partial charge in [0.15, 0.2) is 6.29 Å². The molecule has 6 atom stereocenters. The van der Waals surface area contributed by atoms with Crippen molar-refractivity contribution in [2.45, 2.75) is 36.5 Å². The summed E-state index contributed by atoms with van der Waals surface area (Å²) in [6.07, 6.45) is -6.24. The number of hydrogen-bond donors (Lipinski definition) is 5. The summed E-state index contributed by atoms with van der Waals surface area (Å²) in [7, 11) is 0. The van der Waals surface area contributed by atoms with E-state index in [0.29, 0.717) is 16.3 Å². The molecule has 126 valence electrons. The Morgan fingerprint density at radius 2 is 1.96 bits per heavy atom. The zero-order valence-corrected chi connectivity index (χ0v) is 12.5. The summed E-state index contributed by atoms with van der Waals surface area (Å²) >= 11 is 5.85. The molecule has 0 amide bonds.